The molecule has 0 saturated heterocycles. The number of rotatable bonds is 6. The van der Waals surface area contributed by atoms with Crippen LogP contribution in [-0.2, 0) is 4.74 Å². The zero-order valence-electron chi connectivity index (χ0n) is 12.8. The van der Waals surface area contributed by atoms with E-state index >= 15 is 0 Å². The highest BCUT2D eigenvalue weighted by atomic mass is 35.5. The van der Waals surface area contributed by atoms with Crippen molar-refractivity contribution in [1.29, 1.82) is 0 Å². The lowest BCUT2D eigenvalue weighted by molar-refractivity contribution is 0.0319. The summed E-state index contributed by atoms with van der Waals surface area (Å²) in [5, 5.41) is 0.775. The fraction of sp³-hybridized carbons (Fsp3) is 0.562. The molecule has 0 N–H and O–H groups in total. The smallest absolute Gasteiger partial charge is 0.339 e. The van der Waals surface area contributed by atoms with Gasteiger partial charge in [0, 0.05) is 5.02 Å². The second-order valence-corrected chi connectivity index (χ2v) is 7.64. The van der Waals surface area contributed by atoms with E-state index in [9.17, 15) is 4.79 Å². The maximum Gasteiger partial charge on any atom is 0.339 e. The molecule has 2 nitrogen and oxygen atoms in total. The summed E-state index contributed by atoms with van der Waals surface area (Å²) in [6, 6.07) is 2.97. The largest absolute Gasteiger partial charge is 0.461 e. The van der Waals surface area contributed by atoms with Crippen molar-refractivity contribution in [2.24, 2.45) is 11.3 Å². The molecule has 1 rings (SSSR count). The molecule has 1 aromatic rings. The minimum atomic E-state index is -0.498. The molecule has 0 aliphatic carbocycles. The minimum absolute atomic E-state index is 0.0746. The Morgan fingerprint density at radius 1 is 1.24 bits per heavy atom. The van der Waals surface area contributed by atoms with Gasteiger partial charge in [0.15, 0.2) is 0 Å². The SMILES string of the molecule is CC(C)CCC(C)(C)COC(=O)c1cc(Cl)cc(Cl)c1Cl. The summed E-state index contributed by atoms with van der Waals surface area (Å²) in [7, 11) is 0. The van der Waals surface area contributed by atoms with E-state index in [2.05, 4.69) is 27.7 Å². The number of hydrogen-bond donors (Lipinski definition) is 0. The van der Waals surface area contributed by atoms with Crippen molar-refractivity contribution in [3.05, 3.63) is 32.8 Å². The molecule has 118 valence electrons. The summed E-state index contributed by atoms with van der Waals surface area (Å²) in [4.78, 5) is 12.1. The lowest BCUT2D eigenvalue weighted by Crippen LogP contribution is -2.22. The van der Waals surface area contributed by atoms with Gasteiger partial charge in [-0.2, -0.15) is 0 Å². The second kappa shape index (κ2) is 7.71. The number of halogens is 3. The van der Waals surface area contributed by atoms with Crippen LogP contribution in [0.25, 0.3) is 0 Å². The average Bonchev–Trinajstić information content (AvgIpc) is 2.38. The van der Waals surface area contributed by atoms with Crippen LogP contribution in [0.4, 0.5) is 0 Å². The molecule has 0 bridgehead atoms. The Hall–Kier alpha value is -0.440. The quantitative estimate of drug-likeness (QED) is 0.446. The van der Waals surface area contributed by atoms with Gasteiger partial charge in [0.25, 0.3) is 0 Å². The fourth-order valence-electron chi connectivity index (χ4n) is 1.79. The molecule has 0 atom stereocenters. The van der Waals surface area contributed by atoms with E-state index in [4.69, 9.17) is 39.5 Å². The van der Waals surface area contributed by atoms with Crippen LogP contribution in [-0.4, -0.2) is 12.6 Å². The van der Waals surface area contributed by atoms with Gasteiger partial charge in [-0.3, -0.25) is 0 Å². The predicted molar refractivity (Wildman–Crippen MR) is 89.6 cm³/mol. The van der Waals surface area contributed by atoms with Gasteiger partial charge in [0.2, 0.25) is 0 Å². The molecule has 0 aliphatic heterocycles. The number of ether oxygens (including phenoxy) is 1. The third-order valence-corrected chi connectivity index (χ3v) is 4.23. The van der Waals surface area contributed by atoms with E-state index in [1.807, 2.05) is 0 Å². The molecule has 0 unspecified atom stereocenters. The van der Waals surface area contributed by atoms with Gasteiger partial charge in [-0.1, -0.05) is 68.9 Å². The number of carbonyl (C=O) groups is 1. The van der Waals surface area contributed by atoms with Crippen LogP contribution in [0.2, 0.25) is 15.1 Å². The standard InChI is InChI=1S/C16H21Cl3O2/c1-10(2)5-6-16(3,4)9-21-15(20)12-7-11(17)8-13(18)14(12)19/h7-8,10H,5-6,9H2,1-4H3. The first kappa shape index (κ1) is 18.6. The molecule has 0 aromatic heterocycles. The van der Waals surface area contributed by atoms with E-state index in [-0.39, 0.29) is 21.0 Å². The van der Waals surface area contributed by atoms with Crippen LogP contribution in [0.15, 0.2) is 12.1 Å². The molecule has 0 fully saturated rings. The van der Waals surface area contributed by atoms with Gasteiger partial charge in [0.1, 0.15) is 0 Å². The van der Waals surface area contributed by atoms with Crippen molar-refractivity contribution in [2.75, 3.05) is 6.61 Å². The van der Waals surface area contributed by atoms with E-state index < -0.39 is 5.97 Å². The highest BCUT2D eigenvalue weighted by Gasteiger charge is 2.23. The summed E-state index contributed by atoms with van der Waals surface area (Å²) in [5.74, 6) is 0.128. The predicted octanol–water partition coefficient (Wildman–Crippen LogP) is 6.27. The topological polar surface area (TPSA) is 26.3 Å². The number of carbonyl (C=O) groups excluding carboxylic acids is 1. The number of benzene rings is 1. The van der Waals surface area contributed by atoms with Gasteiger partial charge in [-0.05, 0) is 29.9 Å². The summed E-state index contributed by atoms with van der Waals surface area (Å²) >= 11 is 17.8. The zero-order valence-corrected chi connectivity index (χ0v) is 15.1. The van der Waals surface area contributed by atoms with Crippen molar-refractivity contribution >= 4 is 40.8 Å². The fourth-order valence-corrected chi connectivity index (χ4v) is 2.47. The summed E-state index contributed by atoms with van der Waals surface area (Å²) < 4.78 is 5.38. The summed E-state index contributed by atoms with van der Waals surface area (Å²) in [5.41, 5.74) is 0.128. The van der Waals surface area contributed by atoms with Crippen molar-refractivity contribution < 1.29 is 9.53 Å². The Morgan fingerprint density at radius 2 is 1.86 bits per heavy atom. The molecule has 0 heterocycles. The Bertz CT molecular complexity index is 510. The molecule has 5 heteroatoms. The van der Waals surface area contributed by atoms with E-state index in [0.717, 1.165) is 12.8 Å². The Balaban J connectivity index is 2.70. The summed E-state index contributed by atoms with van der Waals surface area (Å²) in [6.07, 6.45) is 2.08. The molecule has 1 aromatic carbocycles. The van der Waals surface area contributed by atoms with Gasteiger partial charge in [0.05, 0.1) is 22.2 Å². The van der Waals surface area contributed by atoms with Crippen molar-refractivity contribution in [3.63, 3.8) is 0 Å². The molecule has 0 saturated carbocycles. The summed E-state index contributed by atoms with van der Waals surface area (Å²) in [6.45, 7) is 8.84. The maximum absolute atomic E-state index is 12.1. The van der Waals surface area contributed by atoms with Crippen molar-refractivity contribution in [1.82, 2.24) is 0 Å². The highest BCUT2D eigenvalue weighted by Crippen LogP contribution is 2.31. The minimum Gasteiger partial charge on any atom is -0.461 e. The first-order valence-corrected chi connectivity index (χ1v) is 8.07. The van der Waals surface area contributed by atoms with Crippen LogP contribution in [0.1, 0.15) is 50.9 Å². The molecular weight excluding hydrogens is 331 g/mol. The van der Waals surface area contributed by atoms with Gasteiger partial charge in [-0.25, -0.2) is 4.79 Å². The molecule has 0 spiro atoms. The van der Waals surface area contributed by atoms with Gasteiger partial charge in [-0.15, -0.1) is 0 Å². The Morgan fingerprint density at radius 3 is 2.43 bits per heavy atom. The average molecular weight is 352 g/mol. The lowest BCUT2D eigenvalue weighted by atomic mass is 9.86. The van der Waals surface area contributed by atoms with E-state index in [0.29, 0.717) is 17.5 Å². The third-order valence-electron chi connectivity index (χ3n) is 3.21. The Kier molecular flexibility index (Phi) is 6.83. The van der Waals surface area contributed by atoms with Crippen LogP contribution >= 0.6 is 34.8 Å². The second-order valence-electron chi connectivity index (χ2n) is 6.42. The van der Waals surface area contributed by atoms with Gasteiger partial charge >= 0.3 is 5.97 Å². The van der Waals surface area contributed by atoms with Crippen LogP contribution in [0, 0.1) is 11.3 Å². The van der Waals surface area contributed by atoms with E-state index in [1.165, 1.54) is 12.1 Å². The van der Waals surface area contributed by atoms with Crippen LogP contribution in [0.5, 0.6) is 0 Å². The van der Waals surface area contributed by atoms with E-state index in [1.54, 1.807) is 0 Å². The third kappa shape index (κ3) is 6.06. The molecule has 0 aliphatic rings. The Labute approximate surface area is 141 Å². The first-order valence-electron chi connectivity index (χ1n) is 6.94. The maximum atomic E-state index is 12.1. The molecule has 0 amide bonds. The molecular formula is C16H21Cl3O2. The monoisotopic (exact) mass is 350 g/mol. The first-order chi connectivity index (χ1) is 9.62. The molecule has 0 radical (unpaired) electrons. The number of esters is 1. The van der Waals surface area contributed by atoms with Crippen LogP contribution in [0.3, 0.4) is 0 Å². The number of hydrogen-bond acceptors (Lipinski definition) is 2. The lowest BCUT2D eigenvalue weighted by Gasteiger charge is -2.25. The van der Waals surface area contributed by atoms with Crippen molar-refractivity contribution in [2.45, 2.75) is 40.5 Å². The zero-order chi connectivity index (χ0) is 16.2. The normalized spacial score (nSPS) is 11.8. The van der Waals surface area contributed by atoms with Gasteiger partial charge < -0.3 is 4.74 Å². The van der Waals surface area contributed by atoms with Crippen molar-refractivity contribution in [3.8, 4) is 0 Å². The van der Waals surface area contributed by atoms with Crippen LogP contribution < -0.4 is 0 Å². The highest BCUT2D eigenvalue weighted by molar-refractivity contribution is 6.45. The molecule has 21 heavy (non-hydrogen) atoms.